The number of nitrogens with zero attached hydrogens (tertiary/aromatic N) is 2. The Morgan fingerprint density at radius 3 is 2.79 bits per heavy atom. The Kier molecular flexibility index (Phi) is 8.40. The molecule has 29 heavy (non-hydrogen) atoms. The predicted molar refractivity (Wildman–Crippen MR) is 102 cm³/mol. The Hall–Kier alpha value is -2.66. The van der Waals surface area contributed by atoms with E-state index in [-0.39, 0.29) is 18.9 Å². The maximum absolute atomic E-state index is 13.1. The third-order valence-corrected chi connectivity index (χ3v) is 4.52. The molecule has 0 radical (unpaired) electrons. The minimum atomic E-state index is -2.64. The van der Waals surface area contributed by atoms with E-state index in [1.807, 2.05) is 0 Å². The van der Waals surface area contributed by atoms with Crippen molar-refractivity contribution in [3.05, 3.63) is 46.7 Å². The van der Waals surface area contributed by atoms with Gasteiger partial charge in [0.15, 0.2) is 5.13 Å². The molecule has 1 aromatic carbocycles. The average Bonchev–Trinajstić information content (AvgIpc) is 3.10. The first-order valence-corrected chi connectivity index (χ1v) is 9.51. The van der Waals surface area contributed by atoms with Gasteiger partial charge in [0.2, 0.25) is 0 Å². The van der Waals surface area contributed by atoms with Crippen molar-refractivity contribution < 1.29 is 27.5 Å². The number of urea groups is 1. The number of benzene rings is 1. The molecular formula is C18H21F3N4O3S. The van der Waals surface area contributed by atoms with Crippen molar-refractivity contribution in [2.45, 2.75) is 32.5 Å². The van der Waals surface area contributed by atoms with E-state index in [0.29, 0.717) is 16.4 Å². The van der Waals surface area contributed by atoms with Crippen molar-refractivity contribution >= 4 is 28.4 Å². The monoisotopic (exact) mass is 430 g/mol. The number of halogens is 3. The van der Waals surface area contributed by atoms with Crippen LogP contribution >= 0.6 is 11.3 Å². The lowest BCUT2D eigenvalue weighted by molar-refractivity contribution is -0.144. The number of carbonyl (C=O) groups is 2. The third-order valence-electron chi connectivity index (χ3n) is 3.71. The van der Waals surface area contributed by atoms with Crippen LogP contribution < -0.4 is 10.6 Å². The summed E-state index contributed by atoms with van der Waals surface area (Å²) in [6.07, 6.45) is -3.64. The van der Waals surface area contributed by atoms with Gasteiger partial charge in [-0.1, -0.05) is 12.1 Å². The predicted octanol–water partition coefficient (Wildman–Crippen LogP) is 3.23. The molecule has 1 unspecified atom stereocenters. The molecular weight excluding hydrogens is 409 g/mol. The van der Waals surface area contributed by atoms with E-state index < -0.39 is 31.1 Å². The van der Waals surface area contributed by atoms with Gasteiger partial charge in [-0.15, -0.1) is 11.3 Å². The number of alkyl halides is 2. The fourth-order valence-electron chi connectivity index (χ4n) is 2.33. The quantitative estimate of drug-likeness (QED) is 0.640. The Morgan fingerprint density at radius 1 is 1.34 bits per heavy atom. The van der Waals surface area contributed by atoms with E-state index >= 15 is 0 Å². The molecule has 0 aliphatic heterocycles. The second kappa shape index (κ2) is 10.8. The highest BCUT2D eigenvalue weighted by Crippen LogP contribution is 2.17. The average molecular weight is 430 g/mol. The van der Waals surface area contributed by atoms with Crippen molar-refractivity contribution in [2.75, 3.05) is 19.0 Å². The zero-order valence-electron chi connectivity index (χ0n) is 15.8. The summed E-state index contributed by atoms with van der Waals surface area (Å²) in [7, 11) is 1.50. The van der Waals surface area contributed by atoms with Crippen LogP contribution in [-0.2, 0) is 22.6 Å². The van der Waals surface area contributed by atoms with Crippen LogP contribution in [-0.4, -0.2) is 48.0 Å². The lowest BCUT2D eigenvalue weighted by Crippen LogP contribution is -2.36. The van der Waals surface area contributed by atoms with E-state index in [0.717, 1.165) is 0 Å². The Labute approximate surface area is 169 Å². The number of hydrogen-bond donors (Lipinski definition) is 2. The summed E-state index contributed by atoms with van der Waals surface area (Å²) in [4.78, 5) is 29.6. The van der Waals surface area contributed by atoms with E-state index in [4.69, 9.17) is 4.74 Å². The molecule has 2 aromatic rings. The Morgan fingerprint density at radius 2 is 2.10 bits per heavy atom. The summed E-state index contributed by atoms with van der Waals surface area (Å²) < 4.78 is 42.3. The van der Waals surface area contributed by atoms with Crippen LogP contribution in [0.2, 0.25) is 0 Å². The summed E-state index contributed by atoms with van der Waals surface area (Å²) in [6.45, 7) is 0.869. The van der Waals surface area contributed by atoms with Crippen LogP contribution in [0.1, 0.15) is 18.2 Å². The Bertz CT molecular complexity index is 834. The molecule has 1 atom stereocenters. The fraction of sp³-hybridized carbons (Fsp3) is 0.389. The zero-order chi connectivity index (χ0) is 21.4. The van der Waals surface area contributed by atoms with Crippen molar-refractivity contribution in [1.29, 1.82) is 0 Å². The zero-order valence-corrected chi connectivity index (χ0v) is 16.6. The number of aromatic nitrogens is 1. The van der Waals surface area contributed by atoms with Gasteiger partial charge in [-0.05, 0) is 24.6 Å². The van der Waals surface area contributed by atoms with Gasteiger partial charge < -0.3 is 15.0 Å². The molecule has 2 rings (SSSR count). The lowest BCUT2D eigenvalue weighted by Gasteiger charge is -2.20. The number of thiazole rings is 1. The van der Waals surface area contributed by atoms with Gasteiger partial charge in [0, 0.05) is 19.0 Å². The second-order valence-corrected chi connectivity index (χ2v) is 7.00. The molecule has 1 aromatic heterocycles. The van der Waals surface area contributed by atoms with Gasteiger partial charge in [-0.25, -0.2) is 22.9 Å². The van der Waals surface area contributed by atoms with Gasteiger partial charge in [0.25, 0.3) is 12.3 Å². The van der Waals surface area contributed by atoms with Crippen LogP contribution in [0.4, 0.5) is 23.1 Å². The number of anilines is 1. The van der Waals surface area contributed by atoms with E-state index in [2.05, 4.69) is 15.6 Å². The number of ether oxygens (including phenoxy) is 1. The smallest absolute Gasteiger partial charge is 0.321 e. The molecule has 2 N–H and O–H groups in total. The molecule has 3 amide bonds. The molecule has 1 heterocycles. The van der Waals surface area contributed by atoms with Gasteiger partial charge >= 0.3 is 6.03 Å². The SMILES string of the molecule is CC(OCC(F)F)C(=O)N(C)Cc1csc(NC(=O)NCc2cccc(F)c2)n1. The molecule has 0 aliphatic rings. The largest absolute Gasteiger partial charge is 0.363 e. The second-order valence-electron chi connectivity index (χ2n) is 6.14. The number of hydrogen-bond acceptors (Lipinski definition) is 5. The number of carbonyl (C=O) groups excluding carboxylic acids is 2. The molecule has 11 heteroatoms. The highest BCUT2D eigenvalue weighted by Gasteiger charge is 2.20. The molecule has 0 fully saturated rings. The summed E-state index contributed by atoms with van der Waals surface area (Å²) in [5, 5.41) is 7.13. The summed E-state index contributed by atoms with van der Waals surface area (Å²) in [6, 6.07) is 5.36. The first-order chi connectivity index (χ1) is 13.7. The van der Waals surface area contributed by atoms with E-state index in [1.54, 1.807) is 17.5 Å². The highest BCUT2D eigenvalue weighted by molar-refractivity contribution is 7.13. The molecule has 158 valence electrons. The summed E-state index contributed by atoms with van der Waals surface area (Å²) in [5.74, 6) is -0.845. The fourth-order valence-corrected chi connectivity index (χ4v) is 3.02. The molecule has 0 saturated carbocycles. The van der Waals surface area contributed by atoms with Crippen LogP contribution in [0, 0.1) is 5.82 Å². The van der Waals surface area contributed by atoms with Crippen molar-refractivity contribution in [3.63, 3.8) is 0 Å². The van der Waals surface area contributed by atoms with Gasteiger partial charge in [0.1, 0.15) is 18.5 Å². The van der Waals surface area contributed by atoms with Crippen LogP contribution in [0.25, 0.3) is 0 Å². The standard InChI is InChI=1S/C18H21F3N4O3S/c1-11(28-9-15(20)21)16(26)25(2)8-14-10-29-18(23-14)24-17(27)22-7-12-4-3-5-13(19)6-12/h3-6,10-11,15H,7-9H2,1-2H3,(H2,22,23,24,27). The first kappa shape index (κ1) is 22.6. The van der Waals surface area contributed by atoms with Crippen LogP contribution in [0.3, 0.4) is 0 Å². The first-order valence-electron chi connectivity index (χ1n) is 8.63. The topological polar surface area (TPSA) is 83.6 Å². The minimum Gasteiger partial charge on any atom is -0.363 e. The van der Waals surface area contributed by atoms with E-state index in [9.17, 15) is 22.8 Å². The van der Waals surface area contributed by atoms with E-state index in [1.165, 1.54) is 42.3 Å². The maximum atomic E-state index is 13.1. The van der Waals surface area contributed by atoms with Crippen LogP contribution in [0.15, 0.2) is 29.6 Å². The summed E-state index contributed by atoms with van der Waals surface area (Å²) in [5.41, 5.74) is 1.13. The molecule has 0 spiro atoms. The Balaban J connectivity index is 1.80. The molecule has 0 saturated heterocycles. The number of nitrogens with one attached hydrogen (secondary N) is 2. The minimum absolute atomic E-state index is 0.129. The number of rotatable bonds is 9. The van der Waals surface area contributed by atoms with Crippen LogP contribution in [0.5, 0.6) is 0 Å². The molecule has 7 nitrogen and oxygen atoms in total. The van der Waals surface area contributed by atoms with Crippen molar-refractivity contribution in [1.82, 2.24) is 15.2 Å². The third kappa shape index (κ3) is 7.70. The number of likely N-dealkylation sites (N-methyl/N-ethyl adjacent to an activating group) is 1. The highest BCUT2D eigenvalue weighted by atomic mass is 32.1. The van der Waals surface area contributed by atoms with Gasteiger partial charge in [-0.3, -0.25) is 10.1 Å². The number of amides is 3. The molecule has 0 aliphatic carbocycles. The van der Waals surface area contributed by atoms with Crippen molar-refractivity contribution in [3.8, 4) is 0 Å². The normalized spacial score (nSPS) is 11.9. The summed E-state index contributed by atoms with van der Waals surface area (Å²) >= 11 is 1.17. The van der Waals surface area contributed by atoms with Crippen molar-refractivity contribution in [2.24, 2.45) is 0 Å². The maximum Gasteiger partial charge on any atom is 0.321 e. The van der Waals surface area contributed by atoms with Gasteiger partial charge in [0.05, 0.1) is 12.2 Å². The van der Waals surface area contributed by atoms with Gasteiger partial charge in [-0.2, -0.15) is 0 Å². The lowest BCUT2D eigenvalue weighted by atomic mass is 10.2. The molecule has 0 bridgehead atoms.